The Hall–Kier alpha value is -2.05. The monoisotopic (exact) mass is 402 g/mol. The highest BCUT2D eigenvalue weighted by Gasteiger charge is 2.49. The Morgan fingerprint density at radius 1 is 1.07 bits per heavy atom. The number of carbonyl (C=O) groups excluding carboxylic acids is 2. The zero-order chi connectivity index (χ0) is 20.4. The predicted molar refractivity (Wildman–Crippen MR) is 110 cm³/mol. The molecular formula is C22H34N4O3. The van der Waals surface area contributed by atoms with Gasteiger partial charge in [-0.2, -0.15) is 0 Å². The molecule has 1 spiro atoms. The van der Waals surface area contributed by atoms with Gasteiger partial charge < -0.3 is 14.9 Å². The van der Waals surface area contributed by atoms with Crippen LogP contribution in [-0.2, 0) is 16.0 Å². The number of likely N-dealkylation sites (tertiary alicyclic amines) is 2. The summed E-state index contributed by atoms with van der Waals surface area (Å²) in [6, 6.07) is 0. The summed E-state index contributed by atoms with van der Waals surface area (Å²) in [5.41, 5.74) is 0.576. The SMILES string of the molecule is Cc1[nH][nH]c(=O)c1CC(=O)N1CC[C@@]2(CCCN(CCC3CCCCC3)C2=O)C1. The molecule has 1 aromatic rings. The van der Waals surface area contributed by atoms with E-state index in [0.717, 1.165) is 44.7 Å². The molecule has 0 radical (unpaired) electrons. The number of rotatable bonds is 5. The first-order valence-electron chi connectivity index (χ1n) is 11.3. The number of hydrogen-bond donors (Lipinski definition) is 2. The van der Waals surface area contributed by atoms with E-state index in [1.54, 1.807) is 11.8 Å². The highest BCUT2D eigenvalue weighted by Crippen LogP contribution is 2.40. The number of hydrogen-bond acceptors (Lipinski definition) is 3. The molecule has 2 amide bonds. The Morgan fingerprint density at radius 3 is 2.59 bits per heavy atom. The maximum Gasteiger partial charge on any atom is 0.267 e. The lowest BCUT2D eigenvalue weighted by Gasteiger charge is -2.40. The third kappa shape index (κ3) is 4.14. The highest BCUT2D eigenvalue weighted by atomic mass is 16.2. The molecule has 0 aromatic carbocycles. The van der Waals surface area contributed by atoms with Crippen molar-refractivity contribution >= 4 is 11.8 Å². The number of aryl methyl sites for hydroxylation is 1. The summed E-state index contributed by atoms with van der Waals surface area (Å²) in [6.07, 6.45) is 10.5. The van der Waals surface area contributed by atoms with Crippen LogP contribution in [0.4, 0.5) is 0 Å². The van der Waals surface area contributed by atoms with Gasteiger partial charge in [0.25, 0.3) is 5.56 Å². The molecule has 3 fully saturated rings. The van der Waals surface area contributed by atoms with Crippen LogP contribution in [0, 0.1) is 18.3 Å². The molecule has 3 aliphatic rings. The molecule has 1 saturated carbocycles. The van der Waals surface area contributed by atoms with Crippen LogP contribution in [0.15, 0.2) is 4.79 Å². The Labute approximate surface area is 172 Å². The van der Waals surface area contributed by atoms with Crippen LogP contribution in [0.1, 0.15) is 69.0 Å². The molecule has 2 N–H and O–H groups in total. The summed E-state index contributed by atoms with van der Waals surface area (Å²) >= 11 is 0. The van der Waals surface area contributed by atoms with Crippen LogP contribution < -0.4 is 5.56 Å². The largest absolute Gasteiger partial charge is 0.342 e. The standard InChI is InChI=1S/C22H34N4O3/c1-16-18(20(28)24-23-16)14-19(27)26-13-10-22(15-26)9-5-11-25(21(22)29)12-8-17-6-3-2-4-7-17/h17H,2-15H2,1H3,(H2,23,24,28)/t22-/m0/s1. The number of piperidine rings is 1. The lowest BCUT2D eigenvalue weighted by Crippen LogP contribution is -2.51. The van der Waals surface area contributed by atoms with E-state index in [1.807, 2.05) is 0 Å². The van der Waals surface area contributed by atoms with Gasteiger partial charge in [0.1, 0.15) is 0 Å². The topological polar surface area (TPSA) is 89.3 Å². The smallest absolute Gasteiger partial charge is 0.267 e. The van der Waals surface area contributed by atoms with E-state index in [9.17, 15) is 14.4 Å². The zero-order valence-electron chi connectivity index (χ0n) is 17.6. The van der Waals surface area contributed by atoms with Crippen molar-refractivity contribution in [1.29, 1.82) is 0 Å². The molecule has 7 nitrogen and oxygen atoms in total. The number of nitrogens with one attached hydrogen (secondary N) is 2. The van der Waals surface area contributed by atoms with Crippen LogP contribution in [0.2, 0.25) is 0 Å². The predicted octanol–water partition coefficient (Wildman–Crippen LogP) is 2.37. The van der Waals surface area contributed by atoms with Crippen molar-refractivity contribution in [3.05, 3.63) is 21.6 Å². The quantitative estimate of drug-likeness (QED) is 0.792. The van der Waals surface area contributed by atoms with Gasteiger partial charge in [0.15, 0.2) is 0 Å². The van der Waals surface area contributed by atoms with Crippen LogP contribution in [0.5, 0.6) is 0 Å². The normalized spacial score (nSPS) is 25.9. The van der Waals surface area contributed by atoms with E-state index >= 15 is 0 Å². The first kappa shape index (κ1) is 20.2. The molecule has 2 aliphatic heterocycles. The third-order valence-corrected chi connectivity index (χ3v) is 7.48. The van der Waals surface area contributed by atoms with Gasteiger partial charge in [-0.1, -0.05) is 32.1 Å². The van der Waals surface area contributed by atoms with Gasteiger partial charge in [-0.15, -0.1) is 0 Å². The Balaban J connectivity index is 1.36. The van der Waals surface area contributed by atoms with E-state index in [0.29, 0.717) is 24.3 Å². The van der Waals surface area contributed by atoms with Crippen molar-refractivity contribution in [1.82, 2.24) is 20.0 Å². The van der Waals surface area contributed by atoms with E-state index in [-0.39, 0.29) is 23.8 Å². The zero-order valence-corrected chi connectivity index (χ0v) is 17.6. The van der Waals surface area contributed by atoms with Crippen molar-refractivity contribution in [3.63, 3.8) is 0 Å². The number of carbonyl (C=O) groups is 2. The van der Waals surface area contributed by atoms with Gasteiger partial charge in [0.2, 0.25) is 11.8 Å². The Bertz CT molecular complexity index is 807. The van der Waals surface area contributed by atoms with E-state index < -0.39 is 5.41 Å². The summed E-state index contributed by atoms with van der Waals surface area (Å²) in [4.78, 5) is 41.9. The summed E-state index contributed by atoms with van der Waals surface area (Å²) in [7, 11) is 0. The maximum absolute atomic E-state index is 13.3. The molecule has 160 valence electrons. The fraction of sp³-hybridized carbons (Fsp3) is 0.773. The highest BCUT2D eigenvalue weighted by molar-refractivity contribution is 5.86. The summed E-state index contributed by atoms with van der Waals surface area (Å²) in [5, 5.41) is 5.31. The minimum absolute atomic E-state index is 0.0535. The van der Waals surface area contributed by atoms with Gasteiger partial charge in [-0.05, 0) is 38.5 Å². The van der Waals surface area contributed by atoms with Crippen molar-refractivity contribution in [2.24, 2.45) is 11.3 Å². The Kier molecular flexibility index (Phi) is 5.83. The second-order valence-corrected chi connectivity index (χ2v) is 9.39. The van der Waals surface area contributed by atoms with E-state index in [2.05, 4.69) is 15.1 Å². The molecular weight excluding hydrogens is 368 g/mol. The molecule has 3 heterocycles. The fourth-order valence-electron chi connectivity index (χ4n) is 5.59. The number of amides is 2. The number of aromatic amines is 2. The maximum atomic E-state index is 13.3. The minimum atomic E-state index is -0.403. The first-order chi connectivity index (χ1) is 14.0. The number of H-pyrrole nitrogens is 2. The number of nitrogens with zero attached hydrogens (tertiary/aromatic N) is 2. The minimum Gasteiger partial charge on any atom is -0.342 e. The van der Waals surface area contributed by atoms with Gasteiger partial charge in [-0.25, -0.2) is 0 Å². The summed E-state index contributed by atoms with van der Waals surface area (Å²) < 4.78 is 0. The first-order valence-corrected chi connectivity index (χ1v) is 11.3. The molecule has 1 atom stereocenters. The fourth-order valence-corrected chi connectivity index (χ4v) is 5.59. The lowest BCUT2D eigenvalue weighted by molar-refractivity contribution is -0.146. The van der Waals surface area contributed by atoms with Crippen molar-refractivity contribution < 1.29 is 9.59 Å². The van der Waals surface area contributed by atoms with Crippen molar-refractivity contribution in [3.8, 4) is 0 Å². The average Bonchev–Trinajstić information content (AvgIpc) is 3.29. The molecule has 2 saturated heterocycles. The summed E-state index contributed by atoms with van der Waals surface area (Å²) in [6.45, 7) is 4.64. The van der Waals surface area contributed by atoms with Crippen molar-refractivity contribution in [2.75, 3.05) is 26.2 Å². The molecule has 4 rings (SSSR count). The van der Waals surface area contributed by atoms with Gasteiger partial charge >= 0.3 is 0 Å². The summed E-state index contributed by atoms with van der Waals surface area (Å²) in [5.74, 6) is 0.978. The average molecular weight is 403 g/mol. The molecule has 0 unspecified atom stereocenters. The van der Waals surface area contributed by atoms with Crippen LogP contribution in [0.25, 0.3) is 0 Å². The molecule has 29 heavy (non-hydrogen) atoms. The van der Waals surface area contributed by atoms with E-state index in [4.69, 9.17) is 0 Å². The van der Waals surface area contributed by atoms with Gasteiger partial charge in [0.05, 0.1) is 11.8 Å². The van der Waals surface area contributed by atoms with E-state index in [1.165, 1.54) is 32.1 Å². The van der Waals surface area contributed by atoms with Crippen molar-refractivity contribution in [2.45, 2.75) is 71.1 Å². The van der Waals surface area contributed by atoms with Crippen LogP contribution >= 0.6 is 0 Å². The second kappa shape index (κ2) is 8.36. The van der Waals surface area contributed by atoms with Gasteiger partial charge in [-0.3, -0.25) is 19.5 Å². The lowest BCUT2D eigenvalue weighted by atomic mass is 9.78. The van der Waals surface area contributed by atoms with Crippen LogP contribution in [0.3, 0.4) is 0 Å². The molecule has 0 bridgehead atoms. The number of aromatic nitrogens is 2. The van der Waals surface area contributed by atoms with Gasteiger partial charge in [0, 0.05) is 37.4 Å². The molecule has 7 heteroatoms. The second-order valence-electron chi connectivity index (χ2n) is 9.39. The molecule has 1 aromatic heterocycles. The Morgan fingerprint density at radius 2 is 1.86 bits per heavy atom. The third-order valence-electron chi connectivity index (χ3n) is 7.48. The molecule has 1 aliphatic carbocycles. The van der Waals surface area contributed by atoms with Crippen LogP contribution in [-0.4, -0.2) is 58.0 Å².